The summed E-state index contributed by atoms with van der Waals surface area (Å²) < 4.78 is 1.78. The normalized spacial score (nSPS) is 10.8. The maximum absolute atomic E-state index is 5.98. The Balaban J connectivity index is 2.22. The van der Waals surface area contributed by atoms with Crippen molar-refractivity contribution in [3.8, 4) is 22.4 Å². The number of nitrogen functional groups attached to an aromatic ring is 1. The molecule has 3 aromatic rings. The molecule has 3 heterocycles. The van der Waals surface area contributed by atoms with Crippen molar-refractivity contribution >= 4 is 5.82 Å². The van der Waals surface area contributed by atoms with Gasteiger partial charge in [0, 0.05) is 31.2 Å². The summed E-state index contributed by atoms with van der Waals surface area (Å²) in [6.07, 6.45) is 5.43. The molecule has 0 aliphatic carbocycles. The fourth-order valence-corrected chi connectivity index (χ4v) is 2.21. The van der Waals surface area contributed by atoms with Gasteiger partial charge in [-0.15, -0.1) is 0 Å². The van der Waals surface area contributed by atoms with Gasteiger partial charge in [0.25, 0.3) is 0 Å². The molecule has 0 unspecified atom stereocenters. The van der Waals surface area contributed by atoms with Gasteiger partial charge in [0.05, 0.1) is 17.0 Å². The second-order valence-corrected chi connectivity index (χ2v) is 4.40. The first-order valence-electron chi connectivity index (χ1n) is 5.91. The molecule has 96 valence electrons. The first-order chi connectivity index (χ1) is 9.16. The first-order valence-corrected chi connectivity index (χ1v) is 5.91. The molecular formula is C13H14N6. The fourth-order valence-electron chi connectivity index (χ4n) is 2.21. The van der Waals surface area contributed by atoms with Gasteiger partial charge in [-0.05, 0) is 24.6 Å². The lowest BCUT2D eigenvalue weighted by molar-refractivity contribution is 0.756. The van der Waals surface area contributed by atoms with Crippen LogP contribution in [0.15, 0.2) is 30.7 Å². The maximum atomic E-state index is 5.98. The topological polar surface area (TPSA) is 85.4 Å². The van der Waals surface area contributed by atoms with Gasteiger partial charge in [-0.3, -0.25) is 14.8 Å². The van der Waals surface area contributed by atoms with Gasteiger partial charge in [0.1, 0.15) is 0 Å². The Morgan fingerprint density at radius 2 is 2.00 bits per heavy atom. The largest absolute Gasteiger partial charge is 0.382 e. The summed E-state index contributed by atoms with van der Waals surface area (Å²) in [5, 5.41) is 11.5. The Bertz CT molecular complexity index is 710. The molecule has 0 aliphatic heterocycles. The highest BCUT2D eigenvalue weighted by Gasteiger charge is 2.17. The van der Waals surface area contributed by atoms with Gasteiger partial charge in [0.15, 0.2) is 5.82 Å². The highest BCUT2D eigenvalue weighted by atomic mass is 15.3. The van der Waals surface area contributed by atoms with Crippen LogP contribution in [0.4, 0.5) is 5.82 Å². The SMILES string of the molecule is Cc1nn(C)cc1-c1[nH]nc(N)c1-c1ccncc1. The van der Waals surface area contributed by atoms with Gasteiger partial charge in [0.2, 0.25) is 0 Å². The molecule has 3 N–H and O–H groups in total. The molecule has 19 heavy (non-hydrogen) atoms. The highest BCUT2D eigenvalue weighted by molar-refractivity contribution is 5.88. The monoisotopic (exact) mass is 254 g/mol. The van der Waals surface area contributed by atoms with Crippen LogP contribution in [-0.4, -0.2) is 25.0 Å². The van der Waals surface area contributed by atoms with Crippen LogP contribution in [0.2, 0.25) is 0 Å². The third kappa shape index (κ3) is 1.87. The van der Waals surface area contributed by atoms with Crippen LogP contribution < -0.4 is 5.73 Å². The standard InChI is InChI=1S/C13H14N6/c1-8-10(7-19(2)18-8)12-11(13(14)17-16-12)9-3-5-15-6-4-9/h3-7H,1-2H3,(H3,14,16,17). The quantitative estimate of drug-likeness (QED) is 0.729. The van der Waals surface area contributed by atoms with E-state index in [1.54, 1.807) is 17.1 Å². The van der Waals surface area contributed by atoms with Crippen LogP contribution in [0.1, 0.15) is 5.69 Å². The van der Waals surface area contributed by atoms with E-state index in [0.717, 1.165) is 28.1 Å². The van der Waals surface area contributed by atoms with E-state index in [2.05, 4.69) is 20.3 Å². The van der Waals surface area contributed by atoms with Gasteiger partial charge in [-0.25, -0.2) is 0 Å². The lowest BCUT2D eigenvalue weighted by Gasteiger charge is -2.03. The van der Waals surface area contributed by atoms with Crippen molar-refractivity contribution in [3.63, 3.8) is 0 Å². The van der Waals surface area contributed by atoms with Crippen LogP contribution in [0.5, 0.6) is 0 Å². The van der Waals surface area contributed by atoms with E-state index in [0.29, 0.717) is 5.82 Å². The Kier molecular flexibility index (Phi) is 2.56. The molecule has 0 amide bonds. The number of aromatic amines is 1. The van der Waals surface area contributed by atoms with Crippen molar-refractivity contribution in [2.75, 3.05) is 5.73 Å². The zero-order valence-corrected chi connectivity index (χ0v) is 10.8. The molecule has 0 fully saturated rings. The number of anilines is 1. The van der Waals surface area contributed by atoms with E-state index < -0.39 is 0 Å². The summed E-state index contributed by atoms with van der Waals surface area (Å²) in [6, 6.07) is 3.83. The summed E-state index contributed by atoms with van der Waals surface area (Å²) in [5.41, 5.74) is 10.7. The van der Waals surface area contributed by atoms with E-state index >= 15 is 0 Å². The van der Waals surface area contributed by atoms with Crippen LogP contribution in [-0.2, 0) is 7.05 Å². The molecule has 0 bridgehead atoms. The summed E-state index contributed by atoms with van der Waals surface area (Å²) in [7, 11) is 1.89. The molecule has 0 spiro atoms. The van der Waals surface area contributed by atoms with Crippen LogP contribution in [0, 0.1) is 6.92 Å². The minimum Gasteiger partial charge on any atom is -0.382 e. The molecule has 6 heteroatoms. The van der Waals surface area contributed by atoms with Crippen molar-refractivity contribution < 1.29 is 0 Å². The number of nitrogens with two attached hydrogens (primary N) is 1. The molecule has 0 aliphatic rings. The second kappa shape index (κ2) is 4.24. The predicted molar refractivity (Wildman–Crippen MR) is 73.2 cm³/mol. The van der Waals surface area contributed by atoms with E-state index in [1.165, 1.54) is 0 Å². The molecule has 0 atom stereocenters. The minimum atomic E-state index is 0.476. The number of aryl methyl sites for hydroxylation is 2. The molecular weight excluding hydrogens is 240 g/mol. The van der Waals surface area contributed by atoms with E-state index in [-0.39, 0.29) is 0 Å². The molecule has 0 saturated carbocycles. The zero-order valence-electron chi connectivity index (χ0n) is 10.8. The molecule has 0 radical (unpaired) electrons. The van der Waals surface area contributed by atoms with E-state index in [9.17, 15) is 0 Å². The number of rotatable bonds is 2. The predicted octanol–water partition coefficient (Wildman–Crippen LogP) is 1.76. The summed E-state index contributed by atoms with van der Waals surface area (Å²) in [5.74, 6) is 0.476. The van der Waals surface area contributed by atoms with Crippen molar-refractivity contribution in [1.29, 1.82) is 0 Å². The number of hydrogen-bond acceptors (Lipinski definition) is 4. The van der Waals surface area contributed by atoms with Gasteiger partial charge in [-0.1, -0.05) is 0 Å². The van der Waals surface area contributed by atoms with Crippen molar-refractivity contribution in [1.82, 2.24) is 25.0 Å². The second-order valence-electron chi connectivity index (χ2n) is 4.40. The lowest BCUT2D eigenvalue weighted by Crippen LogP contribution is -1.89. The van der Waals surface area contributed by atoms with Crippen LogP contribution in [0.25, 0.3) is 22.4 Å². The van der Waals surface area contributed by atoms with Crippen LogP contribution in [0.3, 0.4) is 0 Å². The summed E-state index contributed by atoms with van der Waals surface area (Å²) in [6.45, 7) is 1.96. The fraction of sp³-hybridized carbons (Fsp3) is 0.154. The Morgan fingerprint density at radius 3 is 2.63 bits per heavy atom. The molecule has 3 rings (SSSR count). The lowest BCUT2D eigenvalue weighted by atomic mass is 10.0. The number of H-pyrrole nitrogens is 1. The van der Waals surface area contributed by atoms with Crippen molar-refractivity contribution in [2.24, 2.45) is 7.05 Å². The highest BCUT2D eigenvalue weighted by Crippen LogP contribution is 2.35. The molecule has 3 aromatic heterocycles. The van der Waals surface area contributed by atoms with Crippen molar-refractivity contribution in [3.05, 3.63) is 36.4 Å². The van der Waals surface area contributed by atoms with Gasteiger partial charge >= 0.3 is 0 Å². The number of pyridine rings is 1. The minimum absolute atomic E-state index is 0.476. The van der Waals surface area contributed by atoms with Gasteiger partial charge in [-0.2, -0.15) is 10.2 Å². The average molecular weight is 254 g/mol. The first kappa shape index (κ1) is 11.5. The van der Waals surface area contributed by atoms with E-state index in [1.807, 2.05) is 32.3 Å². The number of hydrogen-bond donors (Lipinski definition) is 2. The average Bonchev–Trinajstić information content (AvgIpc) is 2.93. The maximum Gasteiger partial charge on any atom is 0.153 e. The Labute approximate surface area is 110 Å². The molecule has 6 nitrogen and oxygen atoms in total. The third-order valence-corrected chi connectivity index (χ3v) is 3.05. The Hall–Kier alpha value is -2.63. The molecule has 0 aromatic carbocycles. The summed E-state index contributed by atoms with van der Waals surface area (Å²) >= 11 is 0. The number of nitrogens with zero attached hydrogens (tertiary/aromatic N) is 4. The number of nitrogens with one attached hydrogen (secondary N) is 1. The van der Waals surface area contributed by atoms with Gasteiger partial charge < -0.3 is 5.73 Å². The Morgan fingerprint density at radius 1 is 1.26 bits per heavy atom. The molecule has 0 saturated heterocycles. The van der Waals surface area contributed by atoms with E-state index in [4.69, 9.17) is 5.73 Å². The zero-order chi connectivity index (χ0) is 13.4. The number of aromatic nitrogens is 5. The van der Waals surface area contributed by atoms with Crippen LogP contribution >= 0.6 is 0 Å². The smallest absolute Gasteiger partial charge is 0.153 e. The summed E-state index contributed by atoms with van der Waals surface area (Å²) in [4.78, 5) is 4.02. The van der Waals surface area contributed by atoms with Crippen molar-refractivity contribution in [2.45, 2.75) is 6.92 Å². The third-order valence-electron chi connectivity index (χ3n) is 3.05.